The lowest BCUT2D eigenvalue weighted by Crippen LogP contribution is -2.36. The van der Waals surface area contributed by atoms with Crippen LogP contribution in [0.4, 0.5) is 11.6 Å². The van der Waals surface area contributed by atoms with Crippen LogP contribution < -0.4 is 15.4 Å². The molecular weight excluding hydrogens is 386 g/mol. The van der Waals surface area contributed by atoms with Crippen LogP contribution in [-0.2, 0) is 9.59 Å². The largest absolute Gasteiger partial charge is 0.497 e. The molecule has 30 heavy (non-hydrogen) atoms. The van der Waals surface area contributed by atoms with Gasteiger partial charge in [-0.3, -0.25) is 19.7 Å². The predicted octanol–water partition coefficient (Wildman–Crippen LogP) is 2.68. The molecule has 0 unspecified atom stereocenters. The number of rotatable bonds is 5. The van der Waals surface area contributed by atoms with Crippen molar-refractivity contribution in [1.82, 2.24) is 14.8 Å². The first-order valence-electron chi connectivity index (χ1n) is 9.27. The third kappa shape index (κ3) is 3.77. The van der Waals surface area contributed by atoms with Crippen LogP contribution in [0.3, 0.4) is 0 Å². The van der Waals surface area contributed by atoms with Crippen molar-refractivity contribution in [3.8, 4) is 17.1 Å². The average Bonchev–Trinajstić information content (AvgIpc) is 3.17. The maximum absolute atomic E-state index is 12.9. The van der Waals surface area contributed by atoms with Gasteiger partial charge in [-0.2, -0.15) is 4.98 Å². The molecule has 0 fully saturated rings. The molecule has 2 heterocycles. The summed E-state index contributed by atoms with van der Waals surface area (Å²) in [7, 11) is 1.58. The molecule has 152 valence electrons. The Morgan fingerprint density at radius 2 is 1.83 bits per heavy atom. The quantitative estimate of drug-likeness (QED) is 0.631. The third-order valence-corrected chi connectivity index (χ3v) is 4.77. The molecule has 0 spiro atoms. The molecule has 2 aromatic carbocycles. The molecule has 2 amide bonds. The highest BCUT2D eigenvalue weighted by Crippen LogP contribution is 2.28. The molecule has 1 aliphatic rings. The van der Waals surface area contributed by atoms with Gasteiger partial charge in [-0.1, -0.05) is 0 Å². The van der Waals surface area contributed by atoms with Gasteiger partial charge in [-0.05, 0) is 55.5 Å². The van der Waals surface area contributed by atoms with Crippen molar-refractivity contribution in [2.45, 2.75) is 19.4 Å². The van der Waals surface area contributed by atoms with Crippen LogP contribution in [0.5, 0.6) is 5.75 Å². The van der Waals surface area contributed by atoms with E-state index in [0.29, 0.717) is 22.8 Å². The molecule has 9 nitrogen and oxygen atoms in total. The Morgan fingerprint density at radius 1 is 1.13 bits per heavy atom. The number of fused-ring (bicyclic) bond motifs is 1. The molecule has 0 saturated heterocycles. The molecule has 4 rings (SSSR count). The minimum atomic E-state index is -0.847. The summed E-state index contributed by atoms with van der Waals surface area (Å²) in [5, 5.41) is 9.85. The van der Waals surface area contributed by atoms with Crippen LogP contribution in [0.2, 0.25) is 0 Å². The standard InChI is InChI=1S/C21H19N5O4/c1-12(27)13-3-7-15(8-4-13)22-20(29)17-11-18(28)23-21-24-19(25-26(17)21)14-5-9-16(30-2)10-6-14/h3-10,17H,11H2,1-2H3,(H,22,29)(H,23,24,25,28)/t17-/m0/s1. The Labute approximate surface area is 172 Å². The molecule has 2 N–H and O–H groups in total. The first-order chi connectivity index (χ1) is 14.4. The SMILES string of the molecule is COc1ccc(-c2nc3n(n2)[C@H](C(=O)Nc2ccc(C(C)=O)cc2)CC(=O)N3)cc1. The highest BCUT2D eigenvalue weighted by molar-refractivity contribution is 6.01. The van der Waals surface area contributed by atoms with Crippen LogP contribution >= 0.6 is 0 Å². The van der Waals surface area contributed by atoms with Gasteiger partial charge in [0, 0.05) is 16.8 Å². The summed E-state index contributed by atoms with van der Waals surface area (Å²) in [6.07, 6.45) is -0.0597. The number of amides is 2. The van der Waals surface area contributed by atoms with Gasteiger partial charge in [0.05, 0.1) is 13.5 Å². The molecule has 3 aromatic rings. The zero-order valence-corrected chi connectivity index (χ0v) is 16.4. The number of carbonyl (C=O) groups excluding carboxylic acids is 3. The Bertz CT molecular complexity index is 1120. The molecule has 0 saturated carbocycles. The fraction of sp³-hybridized carbons (Fsp3) is 0.190. The molecule has 1 aromatic heterocycles. The molecule has 1 atom stereocenters. The van der Waals surface area contributed by atoms with Crippen molar-refractivity contribution >= 4 is 29.2 Å². The number of hydrogen-bond acceptors (Lipinski definition) is 6. The van der Waals surface area contributed by atoms with E-state index in [1.165, 1.54) is 11.6 Å². The van der Waals surface area contributed by atoms with Gasteiger partial charge in [0.2, 0.25) is 17.8 Å². The Kier molecular flexibility index (Phi) is 5.01. The number of methoxy groups -OCH3 is 1. The van der Waals surface area contributed by atoms with Crippen molar-refractivity contribution in [3.05, 3.63) is 54.1 Å². The third-order valence-electron chi connectivity index (χ3n) is 4.77. The molecule has 0 radical (unpaired) electrons. The zero-order valence-electron chi connectivity index (χ0n) is 16.4. The fourth-order valence-electron chi connectivity index (χ4n) is 3.14. The number of aromatic nitrogens is 3. The maximum Gasteiger partial charge on any atom is 0.249 e. The van der Waals surface area contributed by atoms with Gasteiger partial charge in [0.15, 0.2) is 11.6 Å². The van der Waals surface area contributed by atoms with Crippen molar-refractivity contribution in [3.63, 3.8) is 0 Å². The fourth-order valence-corrected chi connectivity index (χ4v) is 3.14. The monoisotopic (exact) mass is 405 g/mol. The average molecular weight is 405 g/mol. The highest BCUT2D eigenvalue weighted by atomic mass is 16.5. The van der Waals surface area contributed by atoms with Crippen molar-refractivity contribution in [2.24, 2.45) is 0 Å². The number of anilines is 2. The predicted molar refractivity (Wildman–Crippen MR) is 109 cm³/mol. The number of benzene rings is 2. The lowest BCUT2D eigenvalue weighted by Gasteiger charge is -2.22. The first kappa shape index (κ1) is 19.3. The van der Waals surface area contributed by atoms with Gasteiger partial charge in [-0.25, -0.2) is 4.68 Å². The van der Waals surface area contributed by atoms with E-state index in [1.54, 1.807) is 55.6 Å². The summed E-state index contributed by atoms with van der Waals surface area (Å²) in [5.74, 6) is 0.526. The summed E-state index contributed by atoms with van der Waals surface area (Å²) >= 11 is 0. The second-order valence-corrected chi connectivity index (χ2v) is 6.82. The van der Waals surface area contributed by atoms with Crippen LogP contribution in [0.15, 0.2) is 48.5 Å². The van der Waals surface area contributed by atoms with E-state index in [1.807, 2.05) is 0 Å². The number of Topliss-reactive ketones (excluding diaryl/α,β-unsaturated/α-hetero) is 1. The summed E-state index contributed by atoms with van der Waals surface area (Å²) in [5.41, 5.74) is 1.80. The molecule has 1 aliphatic heterocycles. The summed E-state index contributed by atoms with van der Waals surface area (Å²) in [4.78, 5) is 40.7. The van der Waals surface area contributed by atoms with Gasteiger partial charge in [0.25, 0.3) is 0 Å². The van der Waals surface area contributed by atoms with Crippen LogP contribution in [0.1, 0.15) is 29.7 Å². The van der Waals surface area contributed by atoms with E-state index in [-0.39, 0.29) is 24.1 Å². The van der Waals surface area contributed by atoms with E-state index in [0.717, 1.165) is 5.56 Å². The maximum atomic E-state index is 12.9. The lowest BCUT2D eigenvalue weighted by atomic mass is 10.1. The van der Waals surface area contributed by atoms with Crippen LogP contribution in [0.25, 0.3) is 11.4 Å². The number of nitrogens with zero attached hydrogens (tertiary/aromatic N) is 3. The van der Waals surface area contributed by atoms with E-state index in [4.69, 9.17) is 4.74 Å². The van der Waals surface area contributed by atoms with Gasteiger partial charge in [-0.15, -0.1) is 5.10 Å². The van der Waals surface area contributed by atoms with Crippen molar-refractivity contribution in [2.75, 3.05) is 17.7 Å². The van der Waals surface area contributed by atoms with E-state index in [2.05, 4.69) is 20.7 Å². The topological polar surface area (TPSA) is 115 Å². The highest BCUT2D eigenvalue weighted by Gasteiger charge is 2.33. The van der Waals surface area contributed by atoms with Gasteiger partial charge < -0.3 is 10.1 Å². The number of nitrogens with one attached hydrogen (secondary N) is 2. The Balaban J connectivity index is 1.59. The van der Waals surface area contributed by atoms with Crippen molar-refractivity contribution in [1.29, 1.82) is 0 Å². The minimum absolute atomic E-state index is 0.0597. The Hall–Kier alpha value is -4.01. The summed E-state index contributed by atoms with van der Waals surface area (Å²) in [6, 6.07) is 12.9. The molecular formula is C21H19N5O4. The van der Waals surface area contributed by atoms with E-state index >= 15 is 0 Å². The number of hydrogen-bond donors (Lipinski definition) is 2. The van der Waals surface area contributed by atoms with E-state index < -0.39 is 11.9 Å². The number of carbonyl (C=O) groups is 3. The smallest absolute Gasteiger partial charge is 0.249 e. The zero-order chi connectivity index (χ0) is 21.3. The summed E-state index contributed by atoms with van der Waals surface area (Å²) < 4.78 is 6.57. The molecule has 0 aliphatic carbocycles. The number of ketones is 1. The Morgan fingerprint density at radius 3 is 2.47 bits per heavy atom. The number of ether oxygens (including phenoxy) is 1. The first-order valence-corrected chi connectivity index (χ1v) is 9.27. The lowest BCUT2D eigenvalue weighted by molar-refractivity contribution is -0.125. The second kappa shape index (κ2) is 7.78. The van der Waals surface area contributed by atoms with Gasteiger partial charge >= 0.3 is 0 Å². The van der Waals surface area contributed by atoms with Crippen LogP contribution in [0, 0.1) is 0 Å². The second-order valence-electron chi connectivity index (χ2n) is 6.82. The minimum Gasteiger partial charge on any atom is -0.497 e. The normalized spacial score (nSPS) is 15.1. The summed E-state index contributed by atoms with van der Waals surface area (Å²) in [6.45, 7) is 1.47. The molecule has 9 heteroatoms. The van der Waals surface area contributed by atoms with E-state index in [9.17, 15) is 14.4 Å². The van der Waals surface area contributed by atoms with Crippen LogP contribution in [-0.4, -0.2) is 39.5 Å². The molecule has 0 bridgehead atoms. The van der Waals surface area contributed by atoms with Gasteiger partial charge in [0.1, 0.15) is 11.8 Å². The van der Waals surface area contributed by atoms with Crippen molar-refractivity contribution < 1.29 is 19.1 Å².